The fourth-order valence-electron chi connectivity index (χ4n) is 1.76. The second-order valence-corrected chi connectivity index (χ2v) is 3.89. The molecule has 0 radical (unpaired) electrons. The van der Waals surface area contributed by atoms with Crippen LogP contribution in [0.5, 0.6) is 0 Å². The van der Waals surface area contributed by atoms with E-state index < -0.39 is 0 Å². The summed E-state index contributed by atoms with van der Waals surface area (Å²) in [6.45, 7) is 8.15. The van der Waals surface area contributed by atoms with Crippen LogP contribution in [0.4, 0.5) is 0 Å². The molecule has 0 saturated heterocycles. The molecule has 1 aromatic carbocycles. The van der Waals surface area contributed by atoms with Crippen molar-refractivity contribution in [2.75, 3.05) is 0 Å². The summed E-state index contributed by atoms with van der Waals surface area (Å²) >= 11 is 0. The Morgan fingerprint density at radius 2 is 1.94 bits per heavy atom. The van der Waals surface area contributed by atoms with Crippen molar-refractivity contribution < 1.29 is 4.84 Å². The Morgan fingerprint density at radius 3 is 2.50 bits per heavy atom. The molecule has 16 heavy (non-hydrogen) atoms. The van der Waals surface area contributed by atoms with Crippen molar-refractivity contribution in [3.05, 3.63) is 35.4 Å². The Labute approximate surface area is 98.3 Å². The van der Waals surface area contributed by atoms with Crippen LogP contribution in [0.2, 0.25) is 0 Å². The van der Waals surface area contributed by atoms with Gasteiger partial charge < -0.3 is 4.84 Å². The Hall–Kier alpha value is -1.31. The van der Waals surface area contributed by atoms with Gasteiger partial charge in [-0.25, -0.2) is 0 Å². The fourth-order valence-corrected chi connectivity index (χ4v) is 1.76. The van der Waals surface area contributed by atoms with Gasteiger partial charge in [-0.05, 0) is 25.0 Å². The lowest BCUT2D eigenvalue weighted by Gasteiger charge is -2.09. The highest BCUT2D eigenvalue weighted by Gasteiger charge is 2.18. The molecular weight excluding hydrogens is 198 g/mol. The summed E-state index contributed by atoms with van der Waals surface area (Å²) in [5.41, 5.74) is 3.80. The number of rotatable bonds is 2. The maximum absolute atomic E-state index is 5.31. The highest BCUT2D eigenvalue weighted by Crippen LogP contribution is 2.17. The molecule has 2 nitrogen and oxygen atoms in total. The van der Waals surface area contributed by atoms with E-state index in [1.807, 2.05) is 20.8 Å². The molecular formula is C14H21NO. The van der Waals surface area contributed by atoms with Crippen LogP contribution in [-0.2, 0) is 11.3 Å². The Morgan fingerprint density at radius 1 is 1.25 bits per heavy atom. The van der Waals surface area contributed by atoms with Crippen LogP contribution in [-0.4, -0.2) is 11.8 Å². The third kappa shape index (κ3) is 3.37. The molecule has 1 heterocycles. The van der Waals surface area contributed by atoms with Crippen molar-refractivity contribution in [3.8, 4) is 0 Å². The van der Waals surface area contributed by atoms with E-state index in [1.165, 1.54) is 11.1 Å². The lowest BCUT2D eigenvalue weighted by Crippen LogP contribution is -2.11. The minimum atomic E-state index is 0.246. The number of hydrogen-bond acceptors (Lipinski definition) is 2. The van der Waals surface area contributed by atoms with Gasteiger partial charge in [0.2, 0.25) is 0 Å². The lowest BCUT2D eigenvalue weighted by atomic mass is 10.0. The molecule has 1 aromatic rings. The third-order valence-corrected chi connectivity index (χ3v) is 2.59. The van der Waals surface area contributed by atoms with E-state index in [1.54, 1.807) is 0 Å². The second kappa shape index (κ2) is 6.31. The standard InChI is InChI=1S/C12H15NO.C2H6/c1-9-5-3-4-6-11(9)8-12-7-10(2)13-14-12;1-2/h3-6,12H,7-8H2,1-2H3;1-2H3/t12-;/m0./s1. The first-order valence-corrected chi connectivity index (χ1v) is 5.99. The smallest absolute Gasteiger partial charge is 0.136 e. The van der Waals surface area contributed by atoms with Crippen molar-refractivity contribution in [3.63, 3.8) is 0 Å². The number of benzene rings is 1. The van der Waals surface area contributed by atoms with E-state index in [-0.39, 0.29) is 6.10 Å². The van der Waals surface area contributed by atoms with Gasteiger partial charge in [0.15, 0.2) is 0 Å². The van der Waals surface area contributed by atoms with Gasteiger partial charge in [0.25, 0.3) is 0 Å². The number of oxime groups is 1. The lowest BCUT2D eigenvalue weighted by molar-refractivity contribution is 0.0858. The molecule has 0 N–H and O–H groups in total. The zero-order valence-electron chi connectivity index (χ0n) is 10.7. The predicted octanol–water partition coefficient (Wildman–Crippen LogP) is 3.73. The van der Waals surface area contributed by atoms with Crippen LogP contribution in [0, 0.1) is 6.92 Å². The van der Waals surface area contributed by atoms with Gasteiger partial charge in [0, 0.05) is 12.8 Å². The van der Waals surface area contributed by atoms with Gasteiger partial charge in [-0.3, -0.25) is 0 Å². The van der Waals surface area contributed by atoms with Gasteiger partial charge in [0.1, 0.15) is 6.10 Å². The SMILES string of the molecule is CC.CC1=NO[C@H](Cc2ccccc2C)C1. The highest BCUT2D eigenvalue weighted by molar-refractivity contribution is 5.82. The highest BCUT2D eigenvalue weighted by atomic mass is 16.6. The van der Waals surface area contributed by atoms with Gasteiger partial charge >= 0.3 is 0 Å². The van der Waals surface area contributed by atoms with Gasteiger partial charge in [-0.15, -0.1) is 0 Å². The monoisotopic (exact) mass is 219 g/mol. The van der Waals surface area contributed by atoms with Crippen LogP contribution in [0.15, 0.2) is 29.4 Å². The molecule has 0 amide bonds. The summed E-state index contributed by atoms with van der Waals surface area (Å²) < 4.78 is 0. The van der Waals surface area contributed by atoms with Crippen molar-refractivity contribution in [1.29, 1.82) is 0 Å². The first-order valence-electron chi connectivity index (χ1n) is 5.99. The zero-order chi connectivity index (χ0) is 12.0. The zero-order valence-corrected chi connectivity index (χ0v) is 10.7. The van der Waals surface area contributed by atoms with E-state index in [2.05, 4.69) is 36.3 Å². The quantitative estimate of drug-likeness (QED) is 0.742. The van der Waals surface area contributed by atoms with E-state index in [4.69, 9.17) is 4.84 Å². The molecule has 0 spiro atoms. The molecule has 2 heteroatoms. The average Bonchev–Trinajstić information content (AvgIpc) is 2.70. The van der Waals surface area contributed by atoms with E-state index >= 15 is 0 Å². The van der Waals surface area contributed by atoms with Crippen LogP contribution in [0.25, 0.3) is 0 Å². The van der Waals surface area contributed by atoms with Gasteiger partial charge in [-0.1, -0.05) is 43.3 Å². The minimum Gasteiger partial charge on any atom is -0.392 e. The summed E-state index contributed by atoms with van der Waals surface area (Å²) in [5, 5.41) is 3.96. The van der Waals surface area contributed by atoms with Crippen LogP contribution >= 0.6 is 0 Å². The molecule has 0 unspecified atom stereocenters. The van der Waals surface area contributed by atoms with E-state index in [9.17, 15) is 0 Å². The largest absolute Gasteiger partial charge is 0.392 e. The number of hydrogen-bond donors (Lipinski definition) is 0. The van der Waals surface area contributed by atoms with Gasteiger partial charge in [0.05, 0.1) is 5.71 Å². The van der Waals surface area contributed by atoms with E-state index in [0.29, 0.717) is 0 Å². The second-order valence-electron chi connectivity index (χ2n) is 3.89. The average molecular weight is 219 g/mol. The molecule has 2 rings (SSSR count). The first-order chi connectivity index (χ1) is 7.75. The molecule has 0 fully saturated rings. The van der Waals surface area contributed by atoms with Crippen molar-refractivity contribution in [2.45, 2.75) is 46.6 Å². The van der Waals surface area contributed by atoms with Crippen LogP contribution < -0.4 is 0 Å². The molecule has 1 aliphatic heterocycles. The van der Waals surface area contributed by atoms with E-state index in [0.717, 1.165) is 18.6 Å². The third-order valence-electron chi connectivity index (χ3n) is 2.59. The number of nitrogens with zero attached hydrogens (tertiary/aromatic N) is 1. The molecule has 0 saturated carbocycles. The Balaban J connectivity index is 0.000000606. The fraction of sp³-hybridized carbons (Fsp3) is 0.500. The molecule has 1 atom stereocenters. The summed E-state index contributed by atoms with van der Waals surface area (Å²) in [7, 11) is 0. The molecule has 0 aliphatic carbocycles. The van der Waals surface area contributed by atoms with Crippen molar-refractivity contribution >= 4 is 5.71 Å². The summed E-state index contributed by atoms with van der Waals surface area (Å²) in [5.74, 6) is 0. The Kier molecular flexibility index (Phi) is 5.03. The Bertz CT molecular complexity index is 358. The molecule has 88 valence electrons. The molecule has 0 aromatic heterocycles. The molecule has 0 bridgehead atoms. The molecule has 1 aliphatic rings. The summed E-state index contributed by atoms with van der Waals surface area (Å²) in [6.07, 6.45) is 2.18. The summed E-state index contributed by atoms with van der Waals surface area (Å²) in [4.78, 5) is 5.31. The number of aryl methyl sites for hydroxylation is 1. The normalized spacial score (nSPS) is 18.2. The maximum Gasteiger partial charge on any atom is 0.136 e. The van der Waals surface area contributed by atoms with Crippen molar-refractivity contribution in [2.24, 2.45) is 5.16 Å². The first kappa shape index (κ1) is 12.8. The van der Waals surface area contributed by atoms with Crippen LogP contribution in [0.1, 0.15) is 38.3 Å². The van der Waals surface area contributed by atoms with Gasteiger partial charge in [-0.2, -0.15) is 0 Å². The minimum absolute atomic E-state index is 0.246. The maximum atomic E-state index is 5.31. The van der Waals surface area contributed by atoms with Crippen molar-refractivity contribution in [1.82, 2.24) is 0 Å². The summed E-state index contributed by atoms with van der Waals surface area (Å²) in [6, 6.07) is 8.44. The predicted molar refractivity (Wildman–Crippen MR) is 68.8 cm³/mol. The van der Waals surface area contributed by atoms with Crippen LogP contribution in [0.3, 0.4) is 0 Å². The topological polar surface area (TPSA) is 21.6 Å².